The summed E-state index contributed by atoms with van der Waals surface area (Å²) in [5.41, 5.74) is -6.12. The molecule has 0 spiro atoms. The molecule has 0 heterocycles. The van der Waals surface area contributed by atoms with Crippen LogP contribution in [0, 0.1) is 0 Å². The van der Waals surface area contributed by atoms with E-state index < -0.39 is 39.5 Å². The fraction of sp³-hybridized carbons (Fsp3) is 0.900. The molecule has 1 saturated carbocycles. The Bertz CT molecular complexity index is 462. The Morgan fingerprint density at radius 3 is 2.10 bits per heavy atom. The van der Waals surface area contributed by atoms with Crippen LogP contribution in [-0.2, 0) is 19.0 Å². The zero-order chi connectivity index (χ0) is 15.8. The van der Waals surface area contributed by atoms with Crippen LogP contribution in [0.3, 0.4) is 0 Å². The van der Waals surface area contributed by atoms with E-state index in [1.165, 1.54) is 0 Å². The molecule has 1 amide bonds. The summed E-state index contributed by atoms with van der Waals surface area (Å²) < 4.78 is 66.5. The molecule has 0 aromatic rings. The van der Waals surface area contributed by atoms with Gasteiger partial charge in [-0.1, -0.05) is 0 Å². The van der Waals surface area contributed by atoms with Crippen molar-refractivity contribution in [2.75, 3.05) is 0 Å². The molecule has 10 heteroatoms. The summed E-state index contributed by atoms with van der Waals surface area (Å²) in [5, 5.41) is 2.41. The molecule has 1 rings (SSSR count). The molecule has 6 nitrogen and oxygen atoms in total. The van der Waals surface area contributed by atoms with Crippen molar-refractivity contribution in [3.63, 3.8) is 0 Å². The maximum Gasteiger partial charge on any atom is 0.523 e. The summed E-state index contributed by atoms with van der Waals surface area (Å²) >= 11 is 0. The minimum absolute atomic E-state index is 0.0193. The standard InChI is InChI=1S/C10H16F3NO5S/c1-9(2,3)18-8(15)14-6-4-7(5-6)19-20(16,17)10(11,12)13/h6-7H,4-5H2,1-3H3,(H,14,15). The van der Waals surface area contributed by atoms with E-state index in [2.05, 4.69) is 9.50 Å². The SMILES string of the molecule is CC(C)(C)OC(=O)NC1CC(OS(=O)(=O)C(F)(F)F)C1. The van der Waals surface area contributed by atoms with Crippen molar-refractivity contribution in [2.45, 2.75) is 56.9 Å². The van der Waals surface area contributed by atoms with Gasteiger partial charge in [-0.15, -0.1) is 0 Å². The number of nitrogens with one attached hydrogen (secondary N) is 1. The number of carbonyl (C=O) groups is 1. The number of alkyl carbamates (subject to hydrolysis) is 1. The number of hydrogen-bond acceptors (Lipinski definition) is 5. The van der Waals surface area contributed by atoms with Crippen LogP contribution in [0.15, 0.2) is 0 Å². The molecule has 0 saturated heterocycles. The van der Waals surface area contributed by atoms with E-state index in [1.54, 1.807) is 20.8 Å². The minimum Gasteiger partial charge on any atom is -0.444 e. The Labute approximate surface area is 114 Å². The lowest BCUT2D eigenvalue weighted by atomic mass is 9.90. The molecule has 0 atom stereocenters. The number of halogens is 3. The molecule has 1 aliphatic rings. The normalized spacial score (nSPS) is 23.9. The van der Waals surface area contributed by atoms with Gasteiger partial charge in [0.05, 0.1) is 6.10 Å². The molecular weight excluding hydrogens is 303 g/mol. The number of hydrogen-bond donors (Lipinski definition) is 1. The van der Waals surface area contributed by atoms with Crippen molar-refractivity contribution < 1.29 is 35.3 Å². The van der Waals surface area contributed by atoms with Gasteiger partial charge in [0, 0.05) is 6.04 Å². The highest BCUT2D eigenvalue weighted by molar-refractivity contribution is 7.87. The lowest BCUT2D eigenvalue weighted by Crippen LogP contribution is -2.50. The van der Waals surface area contributed by atoms with E-state index in [1.807, 2.05) is 0 Å². The molecule has 1 N–H and O–H groups in total. The first-order chi connectivity index (χ1) is 8.80. The Morgan fingerprint density at radius 2 is 1.70 bits per heavy atom. The molecule has 1 fully saturated rings. The van der Waals surface area contributed by atoms with Gasteiger partial charge in [0.25, 0.3) is 0 Å². The molecular formula is C10H16F3NO5S. The zero-order valence-corrected chi connectivity index (χ0v) is 12.0. The highest BCUT2D eigenvalue weighted by Gasteiger charge is 2.50. The molecule has 0 unspecified atom stereocenters. The van der Waals surface area contributed by atoms with E-state index in [0.717, 1.165) is 0 Å². The third-order valence-corrected chi connectivity index (χ3v) is 3.45. The molecule has 0 aromatic carbocycles. The molecule has 20 heavy (non-hydrogen) atoms. The molecule has 118 valence electrons. The van der Waals surface area contributed by atoms with Crippen LogP contribution in [0.4, 0.5) is 18.0 Å². The van der Waals surface area contributed by atoms with Crippen molar-refractivity contribution in [2.24, 2.45) is 0 Å². The first-order valence-electron chi connectivity index (χ1n) is 5.79. The largest absolute Gasteiger partial charge is 0.523 e. The second-order valence-electron chi connectivity index (χ2n) is 5.43. The minimum atomic E-state index is -5.58. The van der Waals surface area contributed by atoms with E-state index in [0.29, 0.717) is 0 Å². The lowest BCUT2D eigenvalue weighted by molar-refractivity contribution is -0.0619. The Hall–Kier alpha value is -1.03. The second kappa shape index (κ2) is 5.40. The maximum atomic E-state index is 12.0. The molecule has 0 bridgehead atoms. The number of alkyl halides is 3. The molecule has 1 aliphatic carbocycles. The Balaban J connectivity index is 2.36. The summed E-state index contributed by atoms with van der Waals surface area (Å²) in [6, 6.07) is -0.460. The number of amides is 1. The van der Waals surface area contributed by atoms with Gasteiger partial charge in [-0.3, -0.25) is 4.18 Å². The van der Waals surface area contributed by atoms with Gasteiger partial charge in [0.2, 0.25) is 0 Å². The van der Waals surface area contributed by atoms with Gasteiger partial charge in [-0.05, 0) is 33.6 Å². The summed E-state index contributed by atoms with van der Waals surface area (Å²) in [6.45, 7) is 4.99. The number of rotatable bonds is 3. The highest BCUT2D eigenvalue weighted by Crippen LogP contribution is 2.31. The third kappa shape index (κ3) is 4.82. The van der Waals surface area contributed by atoms with Crippen molar-refractivity contribution in [1.82, 2.24) is 5.32 Å². The summed E-state index contributed by atoms with van der Waals surface area (Å²) in [6.07, 6.45) is -1.83. The fourth-order valence-electron chi connectivity index (χ4n) is 1.47. The van der Waals surface area contributed by atoms with E-state index in [-0.39, 0.29) is 12.8 Å². The van der Waals surface area contributed by atoms with Crippen LogP contribution in [0.2, 0.25) is 0 Å². The number of carbonyl (C=O) groups excluding carboxylic acids is 1. The van der Waals surface area contributed by atoms with Crippen molar-refractivity contribution in [1.29, 1.82) is 0 Å². The molecule has 0 radical (unpaired) electrons. The van der Waals surface area contributed by atoms with Crippen LogP contribution in [0.5, 0.6) is 0 Å². The van der Waals surface area contributed by atoms with Crippen LogP contribution < -0.4 is 5.32 Å². The van der Waals surface area contributed by atoms with Crippen LogP contribution >= 0.6 is 0 Å². The van der Waals surface area contributed by atoms with Gasteiger partial charge >= 0.3 is 21.7 Å². The molecule has 0 aliphatic heterocycles. The van der Waals surface area contributed by atoms with Crippen LogP contribution in [0.25, 0.3) is 0 Å². The predicted molar refractivity (Wildman–Crippen MR) is 62.2 cm³/mol. The number of ether oxygens (including phenoxy) is 1. The lowest BCUT2D eigenvalue weighted by Gasteiger charge is -2.35. The first kappa shape index (κ1) is 17.0. The van der Waals surface area contributed by atoms with Crippen molar-refractivity contribution in [3.8, 4) is 0 Å². The average molecular weight is 319 g/mol. The third-order valence-electron chi connectivity index (χ3n) is 2.36. The Morgan fingerprint density at radius 1 is 1.20 bits per heavy atom. The topological polar surface area (TPSA) is 81.7 Å². The highest BCUT2D eigenvalue weighted by atomic mass is 32.2. The second-order valence-corrected chi connectivity index (χ2v) is 7.00. The van der Waals surface area contributed by atoms with Gasteiger partial charge in [-0.2, -0.15) is 21.6 Å². The average Bonchev–Trinajstić information content (AvgIpc) is 2.08. The van der Waals surface area contributed by atoms with Gasteiger partial charge in [0.1, 0.15) is 5.60 Å². The van der Waals surface area contributed by atoms with Gasteiger partial charge < -0.3 is 10.1 Å². The molecule has 0 aromatic heterocycles. The first-order valence-corrected chi connectivity index (χ1v) is 7.20. The van der Waals surface area contributed by atoms with Crippen molar-refractivity contribution in [3.05, 3.63) is 0 Å². The van der Waals surface area contributed by atoms with Gasteiger partial charge in [-0.25, -0.2) is 4.79 Å². The van der Waals surface area contributed by atoms with E-state index in [9.17, 15) is 26.4 Å². The summed E-state index contributed by atoms with van der Waals surface area (Å²) in [7, 11) is -5.58. The smallest absolute Gasteiger partial charge is 0.444 e. The maximum absolute atomic E-state index is 12.0. The zero-order valence-electron chi connectivity index (χ0n) is 11.2. The van der Waals surface area contributed by atoms with Crippen molar-refractivity contribution >= 4 is 16.2 Å². The van der Waals surface area contributed by atoms with E-state index in [4.69, 9.17) is 4.74 Å². The van der Waals surface area contributed by atoms with Crippen LogP contribution in [0.1, 0.15) is 33.6 Å². The van der Waals surface area contributed by atoms with E-state index >= 15 is 0 Å². The predicted octanol–water partition coefficient (Wildman–Crippen LogP) is 1.91. The Kier molecular flexibility index (Phi) is 4.59. The van der Waals surface area contributed by atoms with Gasteiger partial charge in [0.15, 0.2) is 0 Å². The fourth-order valence-corrected chi connectivity index (χ4v) is 2.09. The quantitative estimate of drug-likeness (QED) is 0.635. The summed E-state index contributed by atoms with van der Waals surface area (Å²) in [4.78, 5) is 11.3. The van der Waals surface area contributed by atoms with Crippen LogP contribution in [-0.4, -0.2) is 37.8 Å². The summed E-state index contributed by atoms with van der Waals surface area (Å²) in [5.74, 6) is 0. The monoisotopic (exact) mass is 319 g/mol.